The number of anilines is 5. The summed E-state index contributed by atoms with van der Waals surface area (Å²) in [5.74, 6) is 0.558. The minimum Gasteiger partial charge on any atom is -0.353 e. The third-order valence-corrected chi connectivity index (χ3v) is 6.88. The number of benzene rings is 3. The second kappa shape index (κ2) is 10.2. The molecule has 0 unspecified atom stereocenters. The summed E-state index contributed by atoms with van der Waals surface area (Å²) in [7, 11) is -8.65. The number of nitrogens with two attached hydrogens (primary N) is 1. The third-order valence-electron chi connectivity index (χ3n) is 5.16. The summed E-state index contributed by atoms with van der Waals surface area (Å²) in [5.41, 5.74) is 7.39. The Morgan fingerprint density at radius 3 is 1.92 bits per heavy atom. The number of fused-ring (bicyclic) bond motifs is 1. The van der Waals surface area contributed by atoms with Crippen molar-refractivity contribution < 1.29 is 25.9 Å². The minimum atomic E-state index is -4.33. The average Bonchev–Trinajstić information content (AvgIpc) is 2.81. The zero-order valence-corrected chi connectivity index (χ0v) is 21.0. The molecule has 0 saturated carbocycles. The molecule has 0 bridgehead atoms. The first-order valence-electron chi connectivity index (χ1n) is 10.8. The SMILES string of the molecule is Cc1cc(Nc2nc(NCCN)nc(Nc3ccc(S(=O)(=O)O)cc3)n2)cc2ccc(S(=O)(=O)O)cc12. The van der Waals surface area contributed by atoms with Crippen LogP contribution in [0, 0.1) is 6.92 Å². The number of aromatic nitrogens is 3. The lowest BCUT2D eigenvalue weighted by atomic mass is 10.0. The fourth-order valence-corrected chi connectivity index (χ4v) is 4.46. The highest BCUT2D eigenvalue weighted by Gasteiger charge is 2.13. The maximum atomic E-state index is 11.5. The molecule has 4 rings (SSSR count). The molecule has 1 heterocycles. The van der Waals surface area contributed by atoms with E-state index in [1.54, 1.807) is 25.1 Å². The maximum absolute atomic E-state index is 11.5. The molecule has 13 nitrogen and oxygen atoms in total. The summed E-state index contributed by atoms with van der Waals surface area (Å²) in [6.07, 6.45) is 0. The Labute approximate surface area is 212 Å². The van der Waals surface area contributed by atoms with E-state index in [9.17, 15) is 21.4 Å². The molecular formula is C22H23N7O6S2. The second-order valence-electron chi connectivity index (χ2n) is 7.92. The van der Waals surface area contributed by atoms with E-state index in [4.69, 9.17) is 10.3 Å². The zero-order valence-electron chi connectivity index (χ0n) is 19.4. The van der Waals surface area contributed by atoms with Gasteiger partial charge in [0.1, 0.15) is 0 Å². The molecule has 0 saturated heterocycles. The molecule has 0 spiro atoms. The number of aryl methyl sites for hydroxylation is 1. The van der Waals surface area contributed by atoms with Crippen LogP contribution in [0.15, 0.2) is 64.4 Å². The highest BCUT2D eigenvalue weighted by Crippen LogP contribution is 2.28. The summed E-state index contributed by atoms with van der Waals surface area (Å²) in [5, 5.41) is 10.4. The van der Waals surface area contributed by atoms with Crippen LogP contribution in [0.25, 0.3) is 10.8 Å². The fraction of sp³-hybridized carbons (Fsp3) is 0.136. The lowest BCUT2D eigenvalue weighted by Crippen LogP contribution is -2.16. The largest absolute Gasteiger partial charge is 0.353 e. The van der Waals surface area contributed by atoms with Gasteiger partial charge in [0.25, 0.3) is 20.2 Å². The monoisotopic (exact) mass is 545 g/mol. The van der Waals surface area contributed by atoms with E-state index >= 15 is 0 Å². The summed E-state index contributed by atoms with van der Waals surface area (Å²) >= 11 is 0. The predicted octanol–water partition coefficient (Wildman–Crippen LogP) is 2.68. The molecule has 0 atom stereocenters. The first-order chi connectivity index (χ1) is 17.4. The lowest BCUT2D eigenvalue weighted by Gasteiger charge is -2.13. The number of hydrogen-bond acceptors (Lipinski definition) is 11. The summed E-state index contributed by atoms with van der Waals surface area (Å²) in [4.78, 5) is 12.6. The number of hydrogen-bond donors (Lipinski definition) is 6. The molecular weight excluding hydrogens is 522 g/mol. The highest BCUT2D eigenvalue weighted by atomic mass is 32.2. The molecule has 4 aromatic rings. The molecule has 3 aromatic carbocycles. The molecule has 0 fully saturated rings. The van der Waals surface area contributed by atoms with Crippen LogP contribution < -0.4 is 21.7 Å². The van der Waals surface area contributed by atoms with Crippen LogP contribution in [0.3, 0.4) is 0 Å². The van der Waals surface area contributed by atoms with Gasteiger partial charge in [-0.25, -0.2) is 0 Å². The summed E-state index contributed by atoms with van der Waals surface area (Å²) < 4.78 is 64.0. The van der Waals surface area contributed by atoms with Gasteiger partial charge in [0.2, 0.25) is 17.8 Å². The van der Waals surface area contributed by atoms with Crippen LogP contribution in [0.5, 0.6) is 0 Å². The van der Waals surface area contributed by atoms with Gasteiger partial charge in [-0.05, 0) is 71.8 Å². The Morgan fingerprint density at radius 2 is 1.32 bits per heavy atom. The Bertz CT molecular complexity index is 1680. The van der Waals surface area contributed by atoms with Gasteiger partial charge in [-0.15, -0.1) is 0 Å². The van der Waals surface area contributed by atoms with Gasteiger partial charge in [-0.3, -0.25) is 9.11 Å². The van der Waals surface area contributed by atoms with Crippen LogP contribution in [0.1, 0.15) is 5.56 Å². The van der Waals surface area contributed by atoms with E-state index in [1.165, 1.54) is 36.4 Å². The fourth-order valence-electron chi connectivity index (χ4n) is 3.47. The topological polar surface area (TPSA) is 210 Å². The van der Waals surface area contributed by atoms with E-state index in [2.05, 4.69) is 30.9 Å². The molecule has 15 heteroatoms. The van der Waals surface area contributed by atoms with Crippen LogP contribution in [-0.2, 0) is 20.2 Å². The first-order valence-corrected chi connectivity index (χ1v) is 13.6. The van der Waals surface area contributed by atoms with Crippen molar-refractivity contribution in [1.29, 1.82) is 0 Å². The van der Waals surface area contributed by atoms with Gasteiger partial charge in [-0.2, -0.15) is 31.8 Å². The number of rotatable bonds is 9. The molecule has 0 aliphatic heterocycles. The molecule has 0 aliphatic rings. The van der Waals surface area contributed by atoms with E-state index < -0.39 is 20.2 Å². The van der Waals surface area contributed by atoms with Gasteiger partial charge >= 0.3 is 0 Å². The van der Waals surface area contributed by atoms with Crippen molar-refractivity contribution in [2.24, 2.45) is 5.73 Å². The van der Waals surface area contributed by atoms with Crippen LogP contribution >= 0.6 is 0 Å². The van der Waals surface area contributed by atoms with Crippen molar-refractivity contribution in [1.82, 2.24) is 15.0 Å². The normalized spacial score (nSPS) is 11.9. The Hall–Kier alpha value is -3.89. The van der Waals surface area contributed by atoms with Crippen molar-refractivity contribution in [3.8, 4) is 0 Å². The van der Waals surface area contributed by atoms with Crippen molar-refractivity contribution in [3.63, 3.8) is 0 Å². The predicted molar refractivity (Wildman–Crippen MR) is 139 cm³/mol. The number of nitrogens with zero attached hydrogens (tertiary/aromatic N) is 3. The highest BCUT2D eigenvalue weighted by molar-refractivity contribution is 7.86. The van der Waals surface area contributed by atoms with E-state index in [0.717, 1.165) is 10.9 Å². The Morgan fingerprint density at radius 1 is 0.757 bits per heavy atom. The van der Waals surface area contributed by atoms with Crippen LogP contribution in [0.2, 0.25) is 0 Å². The average molecular weight is 546 g/mol. The molecule has 7 N–H and O–H groups in total. The second-order valence-corrected chi connectivity index (χ2v) is 10.8. The van der Waals surface area contributed by atoms with Crippen molar-refractivity contribution in [2.75, 3.05) is 29.0 Å². The molecule has 37 heavy (non-hydrogen) atoms. The van der Waals surface area contributed by atoms with Gasteiger partial charge in [0, 0.05) is 24.5 Å². The van der Waals surface area contributed by atoms with Crippen molar-refractivity contribution in [2.45, 2.75) is 16.7 Å². The van der Waals surface area contributed by atoms with E-state index in [1.807, 2.05) is 0 Å². The number of nitrogens with one attached hydrogen (secondary N) is 3. The van der Waals surface area contributed by atoms with Gasteiger partial charge in [-0.1, -0.05) is 6.07 Å². The maximum Gasteiger partial charge on any atom is 0.294 e. The Balaban J connectivity index is 1.65. The molecule has 194 valence electrons. The quantitative estimate of drug-likeness (QED) is 0.167. The van der Waals surface area contributed by atoms with Crippen molar-refractivity contribution >= 4 is 60.2 Å². The molecule has 0 aliphatic carbocycles. The van der Waals surface area contributed by atoms with E-state index in [-0.39, 0.29) is 27.6 Å². The smallest absolute Gasteiger partial charge is 0.294 e. The van der Waals surface area contributed by atoms with Gasteiger partial charge in [0.05, 0.1) is 9.79 Å². The van der Waals surface area contributed by atoms with Crippen molar-refractivity contribution in [3.05, 3.63) is 60.2 Å². The van der Waals surface area contributed by atoms with Gasteiger partial charge in [0.15, 0.2) is 0 Å². The summed E-state index contributed by atoms with van der Waals surface area (Å²) in [6, 6.07) is 13.2. The molecule has 1 aromatic heterocycles. The third kappa shape index (κ3) is 6.46. The van der Waals surface area contributed by atoms with Crippen LogP contribution in [0.4, 0.5) is 29.2 Å². The van der Waals surface area contributed by atoms with Gasteiger partial charge < -0.3 is 21.7 Å². The minimum absolute atomic E-state index is 0.145. The zero-order chi connectivity index (χ0) is 26.8. The summed E-state index contributed by atoms with van der Waals surface area (Å²) in [6.45, 7) is 2.53. The standard InChI is InChI=1S/C22H23N7O6S2/c1-13-10-16(11-14-2-5-18(12-19(13)14)37(33,34)35)26-22-28-20(24-9-8-23)27-21(29-22)25-15-3-6-17(7-4-15)36(30,31)32/h2-7,10-12H,8-9,23H2,1H3,(H,30,31,32)(H,33,34,35)(H3,24,25,26,27,28,29). The van der Waals surface area contributed by atoms with Crippen LogP contribution in [-0.4, -0.2) is 54.0 Å². The van der Waals surface area contributed by atoms with E-state index in [0.29, 0.717) is 29.9 Å². The molecule has 0 amide bonds. The first kappa shape index (κ1) is 26.2. The Kier molecular flexibility index (Phi) is 7.24. The lowest BCUT2D eigenvalue weighted by molar-refractivity contribution is 0.481. The molecule has 0 radical (unpaired) electrons.